The summed E-state index contributed by atoms with van der Waals surface area (Å²) < 4.78 is 32.7. The summed E-state index contributed by atoms with van der Waals surface area (Å²) >= 11 is 1.39. The molecule has 0 aromatic heterocycles. The van der Waals surface area contributed by atoms with E-state index < -0.39 is 10.0 Å². The van der Waals surface area contributed by atoms with Gasteiger partial charge in [-0.25, -0.2) is 8.42 Å². The summed E-state index contributed by atoms with van der Waals surface area (Å²) in [7, 11) is -2.09. The van der Waals surface area contributed by atoms with E-state index in [2.05, 4.69) is 10.6 Å². The highest BCUT2D eigenvalue weighted by atomic mass is 32.2. The van der Waals surface area contributed by atoms with Gasteiger partial charge in [-0.1, -0.05) is 12.1 Å². The van der Waals surface area contributed by atoms with E-state index >= 15 is 0 Å². The lowest BCUT2D eigenvalue weighted by molar-refractivity contribution is -0.126. The molecule has 0 bridgehead atoms. The molecule has 2 N–H and O–H groups in total. The lowest BCUT2D eigenvalue weighted by atomic mass is 9.97. The molecule has 10 heteroatoms. The summed E-state index contributed by atoms with van der Waals surface area (Å²) in [5.41, 5.74) is 1.50. The molecule has 1 fully saturated rings. The largest absolute Gasteiger partial charge is 0.497 e. The summed E-state index contributed by atoms with van der Waals surface area (Å²) in [6.07, 6.45) is 0.927. The van der Waals surface area contributed by atoms with Gasteiger partial charge in [0, 0.05) is 30.4 Å². The van der Waals surface area contributed by atoms with E-state index in [1.807, 2.05) is 24.3 Å². The van der Waals surface area contributed by atoms with Crippen molar-refractivity contribution >= 4 is 39.3 Å². The Kier molecular flexibility index (Phi) is 6.73. The van der Waals surface area contributed by atoms with E-state index in [0.717, 1.165) is 16.2 Å². The van der Waals surface area contributed by atoms with Crippen molar-refractivity contribution in [2.75, 3.05) is 31.3 Å². The standard InChI is InChI=1S/C22H25N3O5S2/c1-30-17-4-2-15(3-5-17)13-23-22(27)16-8-10-25(11-9-16)32(28,29)18-6-7-20-19(12-18)24-21(26)14-31-20/h2-7,12,16H,8-11,13-14H2,1H3,(H,23,27)(H,24,26). The van der Waals surface area contributed by atoms with Crippen LogP contribution in [0.25, 0.3) is 0 Å². The second-order valence-electron chi connectivity index (χ2n) is 7.74. The summed E-state index contributed by atoms with van der Waals surface area (Å²) in [5, 5.41) is 5.67. The van der Waals surface area contributed by atoms with Gasteiger partial charge in [-0.05, 0) is 48.7 Å². The predicted molar refractivity (Wildman–Crippen MR) is 122 cm³/mol. The van der Waals surface area contributed by atoms with Gasteiger partial charge >= 0.3 is 0 Å². The van der Waals surface area contributed by atoms with E-state index in [1.54, 1.807) is 19.2 Å². The van der Waals surface area contributed by atoms with Crippen molar-refractivity contribution in [3.63, 3.8) is 0 Å². The molecule has 2 amide bonds. The molecule has 2 aliphatic rings. The first-order valence-corrected chi connectivity index (χ1v) is 12.8. The van der Waals surface area contributed by atoms with Gasteiger partial charge in [0.05, 0.1) is 23.4 Å². The molecular formula is C22H25N3O5S2. The van der Waals surface area contributed by atoms with Gasteiger partial charge in [0.1, 0.15) is 5.75 Å². The van der Waals surface area contributed by atoms with Crippen LogP contribution >= 0.6 is 11.8 Å². The van der Waals surface area contributed by atoms with Gasteiger partial charge < -0.3 is 15.4 Å². The monoisotopic (exact) mass is 475 g/mol. The second kappa shape index (κ2) is 9.51. The van der Waals surface area contributed by atoms with E-state index in [1.165, 1.54) is 22.1 Å². The zero-order valence-electron chi connectivity index (χ0n) is 17.7. The van der Waals surface area contributed by atoms with Crippen LogP contribution in [0.4, 0.5) is 5.69 Å². The minimum Gasteiger partial charge on any atom is -0.497 e. The lowest BCUT2D eigenvalue weighted by Crippen LogP contribution is -2.42. The number of nitrogens with one attached hydrogen (secondary N) is 2. The Morgan fingerprint density at radius 1 is 1.19 bits per heavy atom. The molecule has 8 nitrogen and oxygen atoms in total. The third-order valence-electron chi connectivity index (χ3n) is 5.67. The number of sulfonamides is 1. The number of carbonyl (C=O) groups is 2. The second-order valence-corrected chi connectivity index (χ2v) is 10.7. The number of nitrogens with zero attached hydrogens (tertiary/aromatic N) is 1. The third kappa shape index (κ3) is 4.92. The number of rotatable bonds is 6. The number of benzene rings is 2. The van der Waals surface area contributed by atoms with Crippen LogP contribution in [0.3, 0.4) is 0 Å². The van der Waals surface area contributed by atoms with Crippen molar-refractivity contribution in [1.82, 2.24) is 9.62 Å². The zero-order valence-corrected chi connectivity index (χ0v) is 19.3. The van der Waals surface area contributed by atoms with E-state index in [9.17, 15) is 18.0 Å². The number of ether oxygens (including phenoxy) is 1. The van der Waals surface area contributed by atoms with Crippen LogP contribution in [0.1, 0.15) is 18.4 Å². The number of hydrogen-bond acceptors (Lipinski definition) is 6. The van der Waals surface area contributed by atoms with Gasteiger partial charge in [-0.15, -0.1) is 11.8 Å². The maximum absolute atomic E-state index is 13.1. The third-order valence-corrected chi connectivity index (χ3v) is 8.64. The number of amides is 2. The molecule has 2 aromatic carbocycles. The number of carbonyl (C=O) groups excluding carboxylic acids is 2. The van der Waals surface area contributed by atoms with Crippen LogP contribution in [-0.4, -0.2) is 50.5 Å². The first kappa shape index (κ1) is 22.6. The quantitative estimate of drug-likeness (QED) is 0.665. The highest BCUT2D eigenvalue weighted by Gasteiger charge is 2.32. The molecule has 0 saturated carbocycles. The molecule has 0 aliphatic carbocycles. The number of hydrogen-bond donors (Lipinski definition) is 2. The average molecular weight is 476 g/mol. The minimum absolute atomic E-state index is 0.0635. The molecule has 2 aliphatic heterocycles. The fraction of sp³-hybridized carbons (Fsp3) is 0.364. The van der Waals surface area contributed by atoms with Gasteiger partial charge in [0.15, 0.2) is 0 Å². The molecule has 2 heterocycles. The van der Waals surface area contributed by atoms with Gasteiger partial charge in [0.25, 0.3) is 0 Å². The highest BCUT2D eigenvalue weighted by Crippen LogP contribution is 2.34. The highest BCUT2D eigenvalue weighted by molar-refractivity contribution is 8.00. The van der Waals surface area contributed by atoms with Crippen LogP contribution in [0.2, 0.25) is 0 Å². The molecule has 0 radical (unpaired) electrons. The SMILES string of the molecule is COc1ccc(CNC(=O)C2CCN(S(=O)(=O)c3ccc4c(c3)NC(=O)CS4)CC2)cc1. The van der Waals surface area contributed by atoms with Gasteiger partial charge in [0.2, 0.25) is 21.8 Å². The normalized spacial score (nSPS) is 17.3. The Morgan fingerprint density at radius 3 is 2.59 bits per heavy atom. The van der Waals surface area contributed by atoms with Gasteiger partial charge in [-0.2, -0.15) is 4.31 Å². The first-order valence-electron chi connectivity index (χ1n) is 10.3. The molecule has 32 heavy (non-hydrogen) atoms. The van der Waals surface area contributed by atoms with Crippen molar-refractivity contribution in [3.05, 3.63) is 48.0 Å². The van der Waals surface area contributed by atoms with E-state index in [0.29, 0.717) is 30.8 Å². The number of anilines is 1. The minimum atomic E-state index is -3.69. The number of methoxy groups -OCH3 is 1. The molecule has 0 spiro atoms. The molecular weight excluding hydrogens is 450 g/mol. The lowest BCUT2D eigenvalue weighted by Gasteiger charge is -2.31. The molecule has 2 aromatic rings. The van der Waals surface area contributed by atoms with Crippen LogP contribution in [0.5, 0.6) is 5.75 Å². The maximum Gasteiger partial charge on any atom is 0.243 e. The summed E-state index contributed by atoms with van der Waals surface area (Å²) in [6.45, 7) is 0.975. The van der Waals surface area contributed by atoms with Crippen LogP contribution in [0, 0.1) is 5.92 Å². The van der Waals surface area contributed by atoms with Crippen LogP contribution in [0.15, 0.2) is 52.3 Å². The fourth-order valence-corrected chi connectivity index (χ4v) is 6.09. The molecule has 0 unspecified atom stereocenters. The van der Waals surface area contributed by atoms with Gasteiger partial charge in [-0.3, -0.25) is 9.59 Å². The average Bonchev–Trinajstić information content (AvgIpc) is 2.82. The Morgan fingerprint density at radius 2 is 1.91 bits per heavy atom. The molecule has 170 valence electrons. The summed E-state index contributed by atoms with van der Waals surface area (Å²) in [6, 6.07) is 12.3. The molecule has 1 saturated heterocycles. The molecule has 4 rings (SSSR count). The number of fused-ring (bicyclic) bond motifs is 1. The van der Waals surface area contributed by atoms with Crippen molar-refractivity contribution in [2.24, 2.45) is 5.92 Å². The maximum atomic E-state index is 13.1. The molecule has 0 atom stereocenters. The summed E-state index contributed by atoms with van der Waals surface area (Å²) in [5.74, 6) is 0.658. The Balaban J connectivity index is 1.33. The van der Waals surface area contributed by atoms with Crippen LogP contribution in [-0.2, 0) is 26.2 Å². The van der Waals surface area contributed by atoms with E-state index in [4.69, 9.17) is 4.74 Å². The van der Waals surface area contributed by atoms with Crippen molar-refractivity contribution < 1.29 is 22.7 Å². The van der Waals surface area contributed by atoms with Crippen molar-refractivity contribution in [3.8, 4) is 5.75 Å². The first-order chi connectivity index (χ1) is 15.4. The Bertz CT molecular complexity index is 1110. The number of piperidine rings is 1. The number of thioether (sulfide) groups is 1. The Labute approximate surface area is 191 Å². The van der Waals surface area contributed by atoms with Crippen molar-refractivity contribution in [2.45, 2.75) is 29.2 Å². The fourth-order valence-electron chi connectivity index (χ4n) is 3.81. The van der Waals surface area contributed by atoms with Crippen LogP contribution < -0.4 is 15.4 Å². The van der Waals surface area contributed by atoms with Crippen molar-refractivity contribution in [1.29, 1.82) is 0 Å². The van der Waals surface area contributed by atoms with E-state index in [-0.39, 0.29) is 35.7 Å². The predicted octanol–water partition coefficient (Wildman–Crippen LogP) is 2.46. The summed E-state index contributed by atoms with van der Waals surface area (Å²) in [4.78, 5) is 25.2. The Hall–Kier alpha value is -2.56. The zero-order chi connectivity index (χ0) is 22.7. The topological polar surface area (TPSA) is 105 Å². The smallest absolute Gasteiger partial charge is 0.243 e.